The smallest absolute Gasteiger partial charge is 0.0981 e. The molecule has 1 N–H and O–H groups in total. The highest BCUT2D eigenvalue weighted by molar-refractivity contribution is 7.11. The van der Waals surface area contributed by atoms with Crippen LogP contribution in [0.3, 0.4) is 0 Å². The molecule has 2 rings (SSSR count). The van der Waals surface area contributed by atoms with Crippen LogP contribution >= 0.6 is 11.3 Å². The summed E-state index contributed by atoms with van der Waals surface area (Å²) in [6, 6.07) is 0.521. The Kier molecular flexibility index (Phi) is 4.41. The summed E-state index contributed by atoms with van der Waals surface area (Å²) < 4.78 is 5.43. The van der Waals surface area contributed by atoms with E-state index < -0.39 is 0 Å². The number of ether oxygens (including phenoxy) is 1. The summed E-state index contributed by atoms with van der Waals surface area (Å²) in [4.78, 5) is 5.84. The fraction of sp³-hybridized carbons (Fsp3) is 0.786. The standard InChI is InChI=1S/C14H24N2OS/c1-10(11-5-6-17-9-11)15-7-12-8-16-13(18-12)14(2,3)4/h8,10-11,15H,5-7,9H2,1-4H3. The molecular formula is C14H24N2OS. The van der Waals surface area contributed by atoms with E-state index in [1.54, 1.807) is 0 Å². The Morgan fingerprint density at radius 2 is 2.33 bits per heavy atom. The molecule has 1 aliphatic rings. The Balaban J connectivity index is 1.84. The molecule has 1 aromatic heterocycles. The SMILES string of the molecule is CC(NCc1cnc(C(C)(C)C)s1)C1CCOC1. The van der Waals surface area contributed by atoms with Crippen LogP contribution in [-0.2, 0) is 16.7 Å². The summed E-state index contributed by atoms with van der Waals surface area (Å²) in [6.45, 7) is 11.6. The minimum absolute atomic E-state index is 0.161. The van der Waals surface area contributed by atoms with E-state index in [1.165, 1.54) is 16.3 Å². The third kappa shape index (κ3) is 3.53. The second-order valence-corrected chi connectivity index (χ2v) is 7.29. The van der Waals surface area contributed by atoms with Crippen molar-refractivity contribution in [2.24, 2.45) is 5.92 Å². The Labute approximate surface area is 114 Å². The van der Waals surface area contributed by atoms with Gasteiger partial charge in [0.25, 0.3) is 0 Å². The van der Waals surface area contributed by atoms with Crippen molar-refractivity contribution in [3.8, 4) is 0 Å². The highest BCUT2D eigenvalue weighted by Gasteiger charge is 2.22. The minimum atomic E-state index is 0.161. The molecule has 0 bridgehead atoms. The number of aromatic nitrogens is 1. The van der Waals surface area contributed by atoms with Crippen LogP contribution in [-0.4, -0.2) is 24.2 Å². The molecule has 2 atom stereocenters. The van der Waals surface area contributed by atoms with Gasteiger partial charge in [0.05, 0.1) is 11.6 Å². The molecule has 2 unspecified atom stereocenters. The van der Waals surface area contributed by atoms with Crippen LogP contribution in [0.15, 0.2) is 6.20 Å². The Morgan fingerprint density at radius 1 is 1.56 bits per heavy atom. The molecule has 0 spiro atoms. The molecule has 0 radical (unpaired) electrons. The van der Waals surface area contributed by atoms with Crippen molar-refractivity contribution in [1.29, 1.82) is 0 Å². The minimum Gasteiger partial charge on any atom is -0.381 e. The number of hydrogen-bond acceptors (Lipinski definition) is 4. The fourth-order valence-electron chi connectivity index (χ4n) is 2.11. The van der Waals surface area contributed by atoms with Crippen LogP contribution in [0, 0.1) is 5.92 Å². The first kappa shape index (κ1) is 14.0. The number of hydrogen-bond donors (Lipinski definition) is 1. The van der Waals surface area contributed by atoms with Crippen LogP contribution in [0.25, 0.3) is 0 Å². The van der Waals surface area contributed by atoms with Crippen LogP contribution in [0.5, 0.6) is 0 Å². The number of thiazole rings is 1. The highest BCUT2D eigenvalue weighted by Crippen LogP contribution is 2.27. The summed E-state index contributed by atoms with van der Waals surface area (Å²) in [7, 11) is 0. The average Bonchev–Trinajstić information content (AvgIpc) is 2.96. The number of nitrogens with zero attached hydrogens (tertiary/aromatic N) is 1. The topological polar surface area (TPSA) is 34.2 Å². The normalized spacial score (nSPS) is 22.3. The van der Waals surface area contributed by atoms with E-state index in [0.717, 1.165) is 19.8 Å². The second-order valence-electron chi connectivity index (χ2n) is 6.17. The zero-order valence-corrected chi connectivity index (χ0v) is 12.6. The van der Waals surface area contributed by atoms with Gasteiger partial charge in [-0.05, 0) is 19.3 Å². The lowest BCUT2D eigenvalue weighted by atomic mass is 9.98. The summed E-state index contributed by atoms with van der Waals surface area (Å²) >= 11 is 1.82. The van der Waals surface area contributed by atoms with Gasteiger partial charge in [0, 0.05) is 35.7 Å². The maximum Gasteiger partial charge on any atom is 0.0981 e. The predicted octanol–water partition coefficient (Wildman–Crippen LogP) is 2.96. The molecule has 3 nitrogen and oxygen atoms in total. The first-order valence-electron chi connectivity index (χ1n) is 6.73. The second kappa shape index (κ2) is 5.68. The van der Waals surface area contributed by atoms with Gasteiger partial charge in [0.1, 0.15) is 0 Å². The van der Waals surface area contributed by atoms with Gasteiger partial charge < -0.3 is 10.1 Å². The lowest BCUT2D eigenvalue weighted by molar-refractivity contribution is 0.178. The molecule has 102 valence electrons. The van der Waals surface area contributed by atoms with Gasteiger partial charge in [0.15, 0.2) is 0 Å². The average molecular weight is 268 g/mol. The van der Waals surface area contributed by atoms with E-state index in [2.05, 4.69) is 38.0 Å². The lowest BCUT2D eigenvalue weighted by Gasteiger charge is -2.18. The highest BCUT2D eigenvalue weighted by atomic mass is 32.1. The molecule has 1 aliphatic heterocycles. The third-order valence-corrected chi connectivity index (χ3v) is 4.89. The maximum atomic E-state index is 5.43. The monoisotopic (exact) mass is 268 g/mol. The van der Waals surface area contributed by atoms with Crippen molar-refractivity contribution in [2.75, 3.05) is 13.2 Å². The molecule has 0 aromatic carbocycles. The first-order valence-corrected chi connectivity index (χ1v) is 7.55. The van der Waals surface area contributed by atoms with E-state index in [9.17, 15) is 0 Å². The Hall–Kier alpha value is -0.450. The summed E-state index contributed by atoms with van der Waals surface area (Å²) in [5.41, 5.74) is 0.161. The number of rotatable bonds is 4. The van der Waals surface area contributed by atoms with Crippen LogP contribution in [0.4, 0.5) is 0 Å². The molecule has 0 amide bonds. The van der Waals surface area contributed by atoms with Gasteiger partial charge in [-0.2, -0.15) is 0 Å². The Bertz CT molecular complexity index is 377. The molecule has 4 heteroatoms. The molecule has 18 heavy (non-hydrogen) atoms. The van der Waals surface area contributed by atoms with Gasteiger partial charge in [-0.25, -0.2) is 4.98 Å². The zero-order valence-electron chi connectivity index (χ0n) is 11.8. The van der Waals surface area contributed by atoms with Crippen LogP contribution in [0.2, 0.25) is 0 Å². The van der Waals surface area contributed by atoms with Gasteiger partial charge in [-0.15, -0.1) is 11.3 Å². The molecule has 0 aliphatic carbocycles. The molecule has 1 saturated heterocycles. The van der Waals surface area contributed by atoms with E-state index >= 15 is 0 Å². The van der Waals surface area contributed by atoms with Crippen molar-refractivity contribution in [3.63, 3.8) is 0 Å². The third-order valence-electron chi connectivity index (χ3n) is 3.47. The largest absolute Gasteiger partial charge is 0.381 e. The maximum absolute atomic E-state index is 5.43. The van der Waals surface area contributed by atoms with E-state index in [4.69, 9.17) is 4.74 Å². The van der Waals surface area contributed by atoms with Gasteiger partial charge in [0.2, 0.25) is 0 Å². The van der Waals surface area contributed by atoms with E-state index in [1.807, 2.05) is 17.5 Å². The zero-order chi connectivity index (χ0) is 13.2. The molecule has 0 saturated carbocycles. The summed E-state index contributed by atoms with van der Waals surface area (Å²) in [6.07, 6.45) is 3.19. The van der Waals surface area contributed by atoms with Crippen molar-refractivity contribution >= 4 is 11.3 Å². The fourth-order valence-corrected chi connectivity index (χ4v) is 3.03. The predicted molar refractivity (Wildman–Crippen MR) is 76.0 cm³/mol. The van der Waals surface area contributed by atoms with Crippen molar-refractivity contribution < 1.29 is 4.74 Å². The van der Waals surface area contributed by atoms with Gasteiger partial charge in [-0.1, -0.05) is 20.8 Å². The number of nitrogens with one attached hydrogen (secondary N) is 1. The van der Waals surface area contributed by atoms with E-state index in [-0.39, 0.29) is 5.41 Å². The van der Waals surface area contributed by atoms with Crippen LogP contribution in [0.1, 0.15) is 44.0 Å². The lowest BCUT2D eigenvalue weighted by Crippen LogP contribution is -2.33. The van der Waals surface area contributed by atoms with Gasteiger partial charge >= 0.3 is 0 Å². The quantitative estimate of drug-likeness (QED) is 0.911. The van der Waals surface area contributed by atoms with Crippen molar-refractivity contribution in [1.82, 2.24) is 10.3 Å². The summed E-state index contributed by atoms with van der Waals surface area (Å²) in [5, 5.41) is 4.81. The molecule has 1 aromatic rings. The molecule has 2 heterocycles. The molecular weight excluding hydrogens is 244 g/mol. The Morgan fingerprint density at radius 3 is 2.89 bits per heavy atom. The van der Waals surface area contributed by atoms with E-state index in [0.29, 0.717) is 12.0 Å². The summed E-state index contributed by atoms with van der Waals surface area (Å²) in [5.74, 6) is 0.667. The first-order chi connectivity index (χ1) is 8.47. The van der Waals surface area contributed by atoms with Crippen molar-refractivity contribution in [3.05, 3.63) is 16.1 Å². The van der Waals surface area contributed by atoms with Crippen LogP contribution < -0.4 is 5.32 Å². The molecule has 1 fully saturated rings. The van der Waals surface area contributed by atoms with Crippen molar-refractivity contribution in [2.45, 2.75) is 52.1 Å². The van der Waals surface area contributed by atoms with Gasteiger partial charge in [-0.3, -0.25) is 0 Å².